The van der Waals surface area contributed by atoms with E-state index in [9.17, 15) is 4.39 Å². The van der Waals surface area contributed by atoms with Crippen LogP contribution in [0.15, 0.2) is 30.9 Å². The fourth-order valence-corrected chi connectivity index (χ4v) is 2.71. The zero-order valence-corrected chi connectivity index (χ0v) is 12.9. The summed E-state index contributed by atoms with van der Waals surface area (Å²) in [5, 5.41) is 0. The molecule has 0 aromatic carbocycles. The van der Waals surface area contributed by atoms with Gasteiger partial charge >= 0.3 is 0 Å². The lowest BCUT2D eigenvalue weighted by molar-refractivity contribution is 0.178. The van der Waals surface area contributed by atoms with Crippen LogP contribution in [-0.2, 0) is 6.54 Å². The van der Waals surface area contributed by atoms with Gasteiger partial charge in [-0.2, -0.15) is 0 Å². The van der Waals surface area contributed by atoms with Gasteiger partial charge in [0.25, 0.3) is 0 Å². The van der Waals surface area contributed by atoms with Crippen molar-refractivity contribution in [3.05, 3.63) is 47.8 Å². The molecule has 0 amide bonds. The molecule has 1 unspecified atom stereocenters. The van der Waals surface area contributed by atoms with E-state index in [1.54, 1.807) is 12.3 Å². The summed E-state index contributed by atoms with van der Waals surface area (Å²) in [6.07, 6.45) is 6.59. The molecule has 1 atom stereocenters. The summed E-state index contributed by atoms with van der Waals surface area (Å²) < 4.78 is 13.7. The fraction of sp³-hybridized carbons (Fsp3) is 0.438. The van der Waals surface area contributed by atoms with Crippen molar-refractivity contribution in [3.8, 4) is 0 Å². The molecule has 1 saturated heterocycles. The first-order valence-corrected chi connectivity index (χ1v) is 7.49. The quantitative estimate of drug-likeness (QED) is 0.868. The highest BCUT2D eigenvalue weighted by atomic mass is 19.1. The Hall–Kier alpha value is -2.08. The van der Waals surface area contributed by atoms with Crippen LogP contribution in [0, 0.1) is 12.7 Å². The Bertz CT molecular complexity index is 631. The van der Waals surface area contributed by atoms with Gasteiger partial charge in [0.1, 0.15) is 5.82 Å². The van der Waals surface area contributed by atoms with E-state index in [-0.39, 0.29) is 5.82 Å². The molecule has 2 aromatic heterocycles. The number of pyridine rings is 1. The number of piperazine rings is 1. The van der Waals surface area contributed by atoms with Gasteiger partial charge in [-0.05, 0) is 25.5 Å². The van der Waals surface area contributed by atoms with E-state index >= 15 is 0 Å². The molecule has 1 aliphatic rings. The molecular formula is C16H20FN5. The molecule has 22 heavy (non-hydrogen) atoms. The molecule has 116 valence electrons. The van der Waals surface area contributed by atoms with Crippen LogP contribution in [0.4, 0.5) is 10.3 Å². The van der Waals surface area contributed by atoms with Crippen LogP contribution in [-0.4, -0.2) is 45.5 Å². The Morgan fingerprint density at radius 2 is 2.00 bits per heavy atom. The van der Waals surface area contributed by atoms with Gasteiger partial charge in [0.05, 0.1) is 6.20 Å². The average Bonchev–Trinajstić information content (AvgIpc) is 2.52. The van der Waals surface area contributed by atoms with Gasteiger partial charge in [0.2, 0.25) is 5.95 Å². The highest BCUT2D eigenvalue weighted by Crippen LogP contribution is 2.18. The molecule has 1 fully saturated rings. The topological polar surface area (TPSA) is 45.2 Å². The zero-order valence-electron chi connectivity index (χ0n) is 12.9. The third-order valence-corrected chi connectivity index (χ3v) is 4.05. The van der Waals surface area contributed by atoms with E-state index in [1.165, 1.54) is 6.20 Å². The average molecular weight is 301 g/mol. The minimum absolute atomic E-state index is 0.237. The van der Waals surface area contributed by atoms with Crippen LogP contribution in [0.5, 0.6) is 0 Å². The van der Waals surface area contributed by atoms with Crippen LogP contribution < -0.4 is 4.90 Å². The van der Waals surface area contributed by atoms with E-state index < -0.39 is 0 Å². The van der Waals surface area contributed by atoms with Crippen LogP contribution in [0.25, 0.3) is 0 Å². The number of nitrogens with zero attached hydrogens (tertiary/aromatic N) is 5. The standard InChI is InChI=1S/C16H20FN5/c1-12-7-19-16(20-8-12)22-6-5-21(13(2)10-22)11-14-3-4-18-9-15(14)17/h3-4,7-9,13H,5-6,10-11H2,1-2H3. The van der Waals surface area contributed by atoms with Gasteiger partial charge in [-0.25, -0.2) is 14.4 Å². The number of aryl methyl sites for hydroxylation is 1. The van der Waals surface area contributed by atoms with Gasteiger partial charge in [-0.1, -0.05) is 0 Å². The van der Waals surface area contributed by atoms with Crippen molar-refractivity contribution in [3.63, 3.8) is 0 Å². The number of aromatic nitrogens is 3. The second-order valence-electron chi connectivity index (χ2n) is 5.79. The largest absolute Gasteiger partial charge is 0.338 e. The first-order chi connectivity index (χ1) is 10.6. The minimum Gasteiger partial charge on any atom is -0.338 e. The van der Waals surface area contributed by atoms with Crippen LogP contribution in [0.1, 0.15) is 18.1 Å². The second-order valence-corrected chi connectivity index (χ2v) is 5.79. The SMILES string of the molecule is Cc1cnc(N2CCN(Cc3ccncc3F)C(C)C2)nc1. The molecule has 0 spiro atoms. The first-order valence-electron chi connectivity index (χ1n) is 7.49. The lowest BCUT2D eigenvalue weighted by Gasteiger charge is -2.39. The van der Waals surface area contributed by atoms with Crippen molar-refractivity contribution in [2.45, 2.75) is 26.4 Å². The van der Waals surface area contributed by atoms with Crippen molar-refractivity contribution >= 4 is 5.95 Å². The second kappa shape index (κ2) is 6.36. The van der Waals surface area contributed by atoms with Gasteiger partial charge in [0, 0.05) is 56.4 Å². The molecule has 0 radical (unpaired) electrons. The van der Waals surface area contributed by atoms with Crippen molar-refractivity contribution in [2.24, 2.45) is 0 Å². The van der Waals surface area contributed by atoms with E-state index in [1.807, 2.05) is 19.3 Å². The van der Waals surface area contributed by atoms with E-state index in [2.05, 4.69) is 31.7 Å². The van der Waals surface area contributed by atoms with E-state index in [4.69, 9.17) is 0 Å². The highest BCUT2D eigenvalue weighted by Gasteiger charge is 2.25. The van der Waals surface area contributed by atoms with Gasteiger partial charge in [0.15, 0.2) is 0 Å². The maximum Gasteiger partial charge on any atom is 0.225 e. The Kier molecular flexibility index (Phi) is 4.29. The Morgan fingerprint density at radius 1 is 1.23 bits per heavy atom. The molecule has 6 heteroatoms. The Labute approximate surface area is 129 Å². The third kappa shape index (κ3) is 3.22. The maximum atomic E-state index is 13.7. The third-order valence-electron chi connectivity index (χ3n) is 4.05. The summed E-state index contributed by atoms with van der Waals surface area (Å²) in [5.74, 6) is 0.534. The fourth-order valence-electron chi connectivity index (χ4n) is 2.71. The van der Waals surface area contributed by atoms with Gasteiger partial charge in [-0.15, -0.1) is 0 Å². The van der Waals surface area contributed by atoms with E-state index in [0.717, 1.165) is 31.1 Å². The molecule has 2 aromatic rings. The summed E-state index contributed by atoms with van der Waals surface area (Å²) in [4.78, 5) is 17.0. The monoisotopic (exact) mass is 301 g/mol. The molecule has 3 rings (SSSR count). The highest BCUT2D eigenvalue weighted by molar-refractivity contribution is 5.31. The smallest absolute Gasteiger partial charge is 0.225 e. The number of halogens is 1. The van der Waals surface area contributed by atoms with E-state index in [0.29, 0.717) is 18.2 Å². The maximum absolute atomic E-state index is 13.7. The summed E-state index contributed by atoms with van der Waals surface area (Å²) in [5.41, 5.74) is 1.76. The summed E-state index contributed by atoms with van der Waals surface area (Å²) in [7, 11) is 0. The lowest BCUT2D eigenvalue weighted by atomic mass is 10.1. The summed E-state index contributed by atoms with van der Waals surface area (Å²) in [6, 6.07) is 2.06. The predicted molar refractivity (Wildman–Crippen MR) is 83.0 cm³/mol. The van der Waals surface area contributed by atoms with Crippen LogP contribution >= 0.6 is 0 Å². The molecular weight excluding hydrogens is 281 g/mol. The molecule has 5 nitrogen and oxygen atoms in total. The van der Waals surface area contributed by atoms with Crippen molar-refractivity contribution in [1.29, 1.82) is 0 Å². The minimum atomic E-state index is -0.237. The van der Waals surface area contributed by atoms with Gasteiger partial charge in [-0.3, -0.25) is 9.88 Å². The number of hydrogen-bond acceptors (Lipinski definition) is 5. The molecule has 0 saturated carbocycles. The Balaban J connectivity index is 1.65. The first kappa shape index (κ1) is 14.8. The molecule has 0 aliphatic carbocycles. The number of rotatable bonds is 3. The lowest BCUT2D eigenvalue weighted by Crippen LogP contribution is -2.52. The molecule has 3 heterocycles. The number of anilines is 1. The number of hydrogen-bond donors (Lipinski definition) is 0. The van der Waals surface area contributed by atoms with Crippen LogP contribution in [0.3, 0.4) is 0 Å². The molecule has 0 N–H and O–H groups in total. The predicted octanol–water partition coefficient (Wildman–Crippen LogP) is 2.03. The van der Waals surface area contributed by atoms with Crippen molar-refractivity contribution < 1.29 is 4.39 Å². The normalized spacial score (nSPS) is 19.4. The molecule has 1 aliphatic heterocycles. The molecule has 0 bridgehead atoms. The van der Waals surface area contributed by atoms with Gasteiger partial charge < -0.3 is 4.90 Å². The van der Waals surface area contributed by atoms with Crippen LogP contribution in [0.2, 0.25) is 0 Å². The summed E-state index contributed by atoms with van der Waals surface area (Å²) in [6.45, 7) is 7.29. The summed E-state index contributed by atoms with van der Waals surface area (Å²) >= 11 is 0. The van der Waals surface area contributed by atoms with Crippen molar-refractivity contribution in [2.75, 3.05) is 24.5 Å². The Morgan fingerprint density at radius 3 is 2.68 bits per heavy atom. The zero-order chi connectivity index (χ0) is 15.5. The van der Waals surface area contributed by atoms with Crippen molar-refractivity contribution in [1.82, 2.24) is 19.9 Å².